The van der Waals surface area contributed by atoms with Gasteiger partial charge < -0.3 is 4.65 Å². The lowest BCUT2D eigenvalue weighted by atomic mass is 9.27. The van der Waals surface area contributed by atoms with Crippen LogP contribution >= 0.6 is 0 Å². The molecule has 0 saturated heterocycles. The van der Waals surface area contributed by atoms with Crippen LogP contribution in [0.15, 0.2) is 11.8 Å². The zero-order chi connectivity index (χ0) is 20.6. The van der Waals surface area contributed by atoms with Crippen LogP contribution in [0.2, 0.25) is 11.6 Å². The summed E-state index contributed by atoms with van der Waals surface area (Å²) in [5.74, 6) is 8.47. The van der Waals surface area contributed by atoms with Gasteiger partial charge in [0.15, 0.2) is 0 Å². The van der Waals surface area contributed by atoms with Crippen molar-refractivity contribution in [3.8, 4) is 0 Å². The van der Waals surface area contributed by atoms with E-state index in [-0.39, 0.29) is 0 Å². The van der Waals surface area contributed by atoms with E-state index in [9.17, 15) is 0 Å². The van der Waals surface area contributed by atoms with Gasteiger partial charge in [-0.25, -0.2) is 0 Å². The monoisotopic (exact) mass is 384 g/mol. The van der Waals surface area contributed by atoms with E-state index < -0.39 is 0 Å². The number of hydrogen-bond donors (Lipinski definition) is 0. The van der Waals surface area contributed by atoms with E-state index in [1.54, 1.807) is 0 Å². The Morgan fingerprint density at radius 2 is 1.29 bits per heavy atom. The van der Waals surface area contributed by atoms with Crippen molar-refractivity contribution in [1.82, 2.24) is 0 Å². The molecule has 0 spiro atoms. The topological polar surface area (TPSA) is 9.23 Å². The lowest BCUT2D eigenvalue weighted by Gasteiger charge is -2.65. The van der Waals surface area contributed by atoms with Gasteiger partial charge >= 0.3 is 6.92 Å². The second-order valence-electron chi connectivity index (χ2n) is 12.7. The fourth-order valence-electron chi connectivity index (χ4n) is 8.43. The normalized spacial score (nSPS) is 45.9. The van der Waals surface area contributed by atoms with Crippen molar-refractivity contribution in [1.29, 1.82) is 0 Å². The second kappa shape index (κ2) is 6.81. The van der Waals surface area contributed by atoms with Gasteiger partial charge in [-0.3, -0.25) is 0 Å². The third kappa shape index (κ3) is 2.86. The molecule has 0 N–H and O–H groups in total. The summed E-state index contributed by atoms with van der Waals surface area (Å²) in [5, 5.41) is 0. The Bertz CT molecular complexity index is 590. The second-order valence-corrected chi connectivity index (χ2v) is 12.7. The summed E-state index contributed by atoms with van der Waals surface area (Å²) >= 11 is 0. The molecule has 0 amide bonds. The minimum atomic E-state index is 0.432. The molecule has 8 atom stereocenters. The number of fused-ring (bicyclic) bond motifs is 4. The van der Waals surface area contributed by atoms with E-state index >= 15 is 0 Å². The largest absolute Gasteiger partial charge is 0.563 e. The Hall–Kier alpha value is -0.395. The highest BCUT2D eigenvalue weighted by Crippen LogP contribution is 2.69. The fourth-order valence-corrected chi connectivity index (χ4v) is 8.43. The van der Waals surface area contributed by atoms with Crippen LogP contribution in [-0.4, -0.2) is 6.92 Å². The molecule has 0 aromatic heterocycles. The average Bonchev–Trinajstić information content (AvgIpc) is 2.62. The van der Waals surface area contributed by atoms with Crippen LogP contribution in [0.3, 0.4) is 0 Å². The van der Waals surface area contributed by atoms with Gasteiger partial charge in [-0.1, -0.05) is 61.5 Å². The molecule has 158 valence electrons. The fraction of sp³-hybridized carbons (Fsp3) is 0.923. The van der Waals surface area contributed by atoms with Crippen LogP contribution in [-0.2, 0) is 4.65 Å². The van der Waals surface area contributed by atoms with E-state index in [4.69, 9.17) is 4.65 Å². The number of rotatable bonds is 5. The third-order valence-electron chi connectivity index (χ3n) is 10.8. The first kappa shape index (κ1) is 20.9. The van der Waals surface area contributed by atoms with Gasteiger partial charge in [-0.05, 0) is 90.6 Å². The standard InChI is InChI=1S/C26H45BO/c1-10-24(15(2)3)28-27(22-13-18-11-20(16(22)4)25(18,6)7)23-14-19-12-21(17(23)5)26(19,8)9/h10,15-23H,11-14H2,1-9H3/b24-10-. The molecule has 0 aromatic rings. The smallest absolute Gasteiger partial charge is 0.364 e. The molecular weight excluding hydrogens is 339 g/mol. The van der Waals surface area contributed by atoms with Gasteiger partial charge in [-0.15, -0.1) is 0 Å². The van der Waals surface area contributed by atoms with Crippen molar-refractivity contribution in [3.05, 3.63) is 11.8 Å². The first-order valence-electron chi connectivity index (χ1n) is 12.3. The third-order valence-corrected chi connectivity index (χ3v) is 10.8. The maximum Gasteiger partial charge on any atom is 0.364 e. The van der Waals surface area contributed by atoms with Gasteiger partial charge in [0.25, 0.3) is 0 Å². The van der Waals surface area contributed by atoms with Crippen molar-refractivity contribution in [3.63, 3.8) is 0 Å². The molecule has 0 heterocycles. The van der Waals surface area contributed by atoms with Crippen LogP contribution < -0.4 is 0 Å². The Morgan fingerprint density at radius 1 is 0.857 bits per heavy atom. The Morgan fingerprint density at radius 3 is 1.57 bits per heavy atom. The predicted octanol–water partition coefficient (Wildman–Crippen LogP) is 7.70. The van der Waals surface area contributed by atoms with Crippen LogP contribution in [0.1, 0.15) is 88.0 Å². The molecule has 6 rings (SSSR count). The molecule has 2 heteroatoms. The Kier molecular flexibility index (Phi) is 5.07. The van der Waals surface area contributed by atoms with Crippen LogP contribution in [0, 0.1) is 52.3 Å². The van der Waals surface area contributed by atoms with E-state index in [0.29, 0.717) is 23.7 Å². The summed E-state index contributed by atoms with van der Waals surface area (Å²) in [6.07, 6.45) is 7.97. The number of hydrogen-bond acceptors (Lipinski definition) is 1. The molecular formula is C26H45BO. The van der Waals surface area contributed by atoms with Crippen molar-refractivity contribution in [2.24, 2.45) is 52.3 Å². The van der Waals surface area contributed by atoms with Crippen molar-refractivity contribution in [2.45, 2.75) is 99.6 Å². The minimum Gasteiger partial charge on any atom is -0.563 e. The maximum absolute atomic E-state index is 7.02. The lowest BCUT2D eigenvalue weighted by Crippen LogP contribution is -2.60. The van der Waals surface area contributed by atoms with E-state index in [1.807, 2.05) is 0 Å². The highest BCUT2D eigenvalue weighted by molar-refractivity contribution is 6.56. The highest BCUT2D eigenvalue weighted by atomic mass is 16.4. The van der Waals surface area contributed by atoms with Crippen molar-refractivity contribution < 1.29 is 4.65 Å². The van der Waals surface area contributed by atoms with Gasteiger partial charge in [0.05, 0.1) is 5.76 Å². The highest BCUT2D eigenvalue weighted by Gasteiger charge is 2.63. The van der Waals surface area contributed by atoms with Crippen molar-refractivity contribution in [2.75, 3.05) is 0 Å². The molecule has 6 saturated carbocycles. The summed E-state index contributed by atoms with van der Waals surface area (Å²) < 4.78 is 7.02. The molecule has 6 fully saturated rings. The molecule has 0 aliphatic heterocycles. The van der Waals surface area contributed by atoms with Crippen molar-refractivity contribution >= 4 is 6.92 Å². The molecule has 4 bridgehead atoms. The summed E-state index contributed by atoms with van der Waals surface area (Å²) in [5.41, 5.74) is 1.12. The molecule has 0 radical (unpaired) electrons. The first-order chi connectivity index (χ1) is 13.0. The first-order valence-corrected chi connectivity index (χ1v) is 12.3. The van der Waals surface area contributed by atoms with Crippen LogP contribution in [0.5, 0.6) is 0 Å². The molecule has 1 nitrogen and oxygen atoms in total. The molecule has 6 aliphatic carbocycles. The summed E-state index contributed by atoms with van der Waals surface area (Å²) in [7, 11) is 0. The van der Waals surface area contributed by atoms with E-state index in [1.165, 1.54) is 31.4 Å². The zero-order valence-electron chi connectivity index (χ0n) is 20.1. The lowest BCUT2D eigenvalue weighted by molar-refractivity contribution is -0.110. The molecule has 6 aliphatic rings. The zero-order valence-corrected chi connectivity index (χ0v) is 20.1. The Labute approximate surface area is 175 Å². The SMILES string of the molecule is C/C=C(\OB(C1CC2CC(C1C)C2(C)C)C1CC2CC(C1C)C2(C)C)C(C)C. The van der Waals surface area contributed by atoms with Crippen LogP contribution in [0.25, 0.3) is 0 Å². The van der Waals surface area contributed by atoms with Gasteiger partial charge in [-0.2, -0.15) is 0 Å². The molecule has 28 heavy (non-hydrogen) atoms. The minimum absolute atomic E-state index is 0.432. The van der Waals surface area contributed by atoms with Gasteiger partial charge in [0, 0.05) is 5.92 Å². The summed E-state index contributed by atoms with van der Waals surface area (Å²) in [6.45, 7) is 22.4. The summed E-state index contributed by atoms with van der Waals surface area (Å²) in [6, 6.07) is 0. The Balaban J connectivity index is 1.61. The van der Waals surface area contributed by atoms with Gasteiger partial charge in [0.2, 0.25) is 0 Å². The maximum atomic E-state index is 7.02. The number of allylic oxidation sites excluding steroid dienone is 2. The van der Waals surface area contributed by atoms with Crippen LogP contribution in [0.4, 0.5) is 0 Å². The predicted molar refractivity (Wildman–Crippen MR) is 121 cm³/mol. The average molecular weight is 384 g/mol. The quantitative estimate of drug-likeness (QED) is 0.348. The molecule has 0 aromatic carbocycles. The van der Waals surface area contributed by atoms with Gasteiger partial charge in [0.1, 0.15) is 0 Å². The van der Waals surface area contributed by atoms with E-state index in [0.717, 1.165) is 47.1 Å². The van der Waals surface area contributed by atoms with E-state index in [2.05, 4.69) is 68.4 Å². The molecule has 8 unspecified atom stereocenters. The summed E-state index contributed by atoms with van der Waals surface area (Å²) in [4.78, 5) is 0.